The number of pyridine rings is 1. The van der Waals surface area contributed by atoms with Crippen molar-refractivity contribution in [3.05, 3.63) is 47.7 Å². The van der Waals surface area contributed by atoms with Crippen molar-refractivity contribution >= 4 is 29.4 Å². The molecule has 1 aliphatic heterocycles. The number of hydrogen-bond donors (Lipinski definition) is 1. The van der Waals surface area contributed by atoms with Crippen molar-refractivity contribution in [2.45, 2.75) is 33.2 Å². The standard InChI is InChI=1S/C21H24N4O2.ClH/c1-13-18-15(20(26)25-10-9-17(22)21(2,3)12-25)11-16(23-19(18)27-24-13)14-7-5-4-6-8-14;/h4-8,11,17H,9-10,12,22H2,1-3H3;1H. The number of hydrogen-bond acceptors (Lipinski definition) is 5. The molecule has 1 saturated heterocycles. The van der Waals surface area contributed by atoms with Crippen molar-refractivity contribution in [3.63, 3.8) is 0 Å². The number of aromatic nitrogens is 2. The first-order chi connectivity index (χ1) is 12.9. The van der Waals surface area contributed by atoms with Gasteiger partial charge in [0.15, 0.2) is 0 Å². The zero-order chi connectivity index (χ0) is 19.2. The van der Waals surface area contributed by atoms with E-state index in [0.717, 1.165) is 12.0 Å². The number of benzene rings is 1. The van der Waals surface area contributed by atoms with E-state index in [0.29, 0.717) is 41.1 Å². The van der Waals surface area contributed by atoms with Crippen molar-refractivity contribution in [2.75, 3.05) is 13.1 Å². The molecule has 148 valence electrons. The minimum absolute atomic E-state index is 0. The van der Waals surface area contributed by atoms with Gasteiger partial charge in [0.25, 0.3) is 11.6 Å². The summed E-state index contributed by atoms with van der Waals surface area (Å²) in [5.74, 6) is -0.0224. The maximum absolute atomic E-state index is 13.4. The lowest BCUT2D eigenvalue weighted by atomic mass is 9.79. The van der Waals surface area contributed by atoms with E-state index in [2.05, 4.69) is 24.0 Å². The molecule has 6 nitrogen and oxygen atoms in total. The van der Waals surface area contributed by atoms with Gasteiger partial charge in [0.1, 0.15) is 0 Å². The number of halogens is 1. The Morgan fingerprint density at radius 3 is 2.68 bits per heavy atom. The minimum atomic E-state index is -0.119. The summed E-state index contributed by atoms with van der Waals surface area (Å²) in [5.41, 5.74) is 9.41. The minimum Gasteiger partial charge on any atom is -0.338 e. The van der Waals surface area contributed by atoms with Crippen LogP contribution in [0.3, 0.4) is 0 Å². The number of carbonyl (C=O) groups excluding carboxylic acids is 1. The fourth-order valence-electron chi connectivity index (χ4n) is 3.74. The summed E-state index contributed by atoms with van der Waals surface area (Å²) in [6.45, 7) is 7.33. The number of aryl methyl sites for hydroxylation is 1. The molecule has 3 heterocycles. The van der Waals surface area contributed by atoms with Crippen LogP contribution in [0.15, 0.2) is 40.9 Å². The fraction of sp³-hybridized carbons (Fsp3) is 0.381. The Hall–Kier alpha value is -2.44. The van der Waals surface area contributed by atoms with E-state index < -0.39 is 0 Å². The number of piperidine rings is 1. The van der Waals surface area contributed by atoms with Crippen LogP contribution in [-0.2, 0) is 0 Å². The van der Waals surface area contributed by atoms with Crippen molar-refractivity contribution < 1.29 is 9.32 Å². The molecule has 1 unspecified atom stereocenters. The summed E-state index contributed by atoms with van der Waals surface area (Å²) in [7, 11) is 0. The van der Waals surface area contributed by atoms with Gasteiger partial charge in [-0.1, -0.05) is 49.3 Å². The Balaban J connectivity index is 0.00000225. The second-order valence-electron chi connectivity index (χ2n) is 7.98. The number of nitrogens with two attached hydrogens (primary N) is 1. The van der Waals surface area contributed by atoms with Crippen LogP contribution in [0.25, 0.3) is 22.4 Å². The van der Waals surface area contributed by atoms with E-state index >= 15 is 0 Å². The zero-order valence-electron chi connectivity index (χ0n) is 16.3. The van der Waals surface area contributed by atoms with Crippen molar-refractivity contribution in [1.29, 1.82) is 0 Å². The average Bonchev–Trinajstić information content (AvgIpc) is 3.04. The van der Waals surface area contributed by atoms with E-state index in [4.69, 9.17) is 10.3 Å². The molecule has 4 rings (SSSR count). The molecule has 0 bridgehead atoms. The lowest BCUT2D eigenvalue weighted by molar-refractivity contribution is 0.0535. The molecule has 0 radical (unpaired) electrons. The first-order valence-corrected chi connectivity index (χ1v) is 9.24. The number of rotatable bonds is 2. The highest BCUT2D eigenvalue weighted by Crippen LogP contribution is 2.32. The largest absolute Gasteiger partial charge is 0.338 e. The van der Waals surface area contributed by atoms with Gasteiger partial charge in [0.2, 0.25) is 0 Å². The molecule has 7 heteroatoms. The number of amides is 1. The SMILES string of the molecule is Cc1noc2nc(-c3ccccc3)cc(C(=O)N3CCC(N)C(C)(C)C3)c12.Cl. The van der Waals surface area contributed by atoms with E-state index in [9.17, 15) is 4.79 Å². The summed E-state index contributed by atoms with van der Waals surface area (Å²) in [4.78, 5) is 19.9. The topological polar surface area (TPSA) is 85.2 Å². The van der Waals surface area contributed by atoms with Crippen LogP contribution in [0.2, 0.25) is 0 Å². The highest BCUT2D eigenvalue weighted by Gasteiger charge is 2.36. The van der Waals surface area contributed by atoms with Gasteiger partial charge in [-0.2, -0.15) is 0 Å². The Bertz CT molecular complexity index is 1000. The monoisotopic (exact) mass is 400 g/mol. The van der Waals surface area contributed by atoms with Gasteiger partial charge in [-0.25, -0.2) is 4.98 Å². The molecule has 2 aromatic heterocycles. The smallest absolute Gasteiger partial charge is 0.259 e. The maximum Gasteiger partial charge on any atom is 0.259 e. The van der Waals surface area contributed by atoms with E-state index in [1.54, 1.807) is 0 Å². The first kappa shape index (κ1) is 20.3. The Kier molecular flexibility index (Phi) is 5.46. The summed E-state index contributed by atoms with van der Waals surface area (Å²) in [6.07, 6.45) is 0.793. The van der Waals surface area contributed by atoms with Crippen molar-refractivity contribution in [2.24, 2.45) is 11.1 Å². The number of nitrogens with zero attached hydrogens (tertiary/aromatic N) is 3. The lowest BCUT2D eigenvalue weighted by Crippen LogP contribution is -2.54. The maximum atomic E-state index is 13.4. The molecular formula is C21H25ClN4O2. The Labute approximate surface area is 170 Å². The van der Waals surface area contributed by atoms with Crippen LogP contribution in [-0.4, -0.2) is 40.1 Å². The number of carbonyl (C=O) groups is 1. The molecule has 2 N–H and O–H groups in total. The highest BCUT2D eigenvalue weighted by atomic mass is 35.5. The second-order valence-corrected chi connectivity index (χ2v) is 7.98. The van der Waals surface area contributed by atoms with Gasteiger partial charge in [-0.05, 0) is 24.8 Å². The van der Waals surface area contributed by atoms with Gasteiger partial charge in [-0.3, -0.25) is 4.79 Å². The number of fused-ring (bicyclic) bond motifs is 1. The van der Waals surface area contributed by atoms with E-state index in [1.165, 1.54) is 0 Å². The molecule has 3 aromatic rings. The predicted octanol–water partition coefficient (Wildman–Crippen LogP) is 3.82. The molecule has 0 saturated carbocycles. The van der Waals surface area contributed by atoms with Crippen LogP contribution in [0, 0.1) is 12.3 Å². The third-order valence-electron chi connectivity index (χ3n) is 5.52. The Morgan fingerprint density at radius 1 is 1.29 bits per heavy atom. The molecule has 0 aliphatic carbocycles. The lowest BCUT2D eigenvalue weighted by Gasteiger charge is -2.42. The van der Waals surface area contributed by atoms with Gasteiger partial charge >= 0.3 is 0 Å². The van der Waals surface area contributed by atoms with Crippen LogP contribution < -0.4 is 5.73 Å². The Morgan fingerprint density at radius 2 is 2.00 bits per heavy atom. The molecule has 1 atom stereocenters. The second kappa shape index (κ2) is 7.53. The highest BCUT2D eigenvalue weighted by molar-refractivity contribution is 6.07. The average molecular weight is 401 g/mol. The molecular weight excluding hydrogens is 376 g/mol. The van der Waals surface area contributed by atoms with Crippen molar-refractivity contribution in [3.8, 4) is 11.3 Å². The molecule has 1 amide bonds. The zero-order valence-corrected chi connectivity index (χ0v) is 17.1. The molecule has 1 aromatic carbocycles. The summed E-state index contributed by atoms with van der Waals surface area (Å²) >= 11 is 0. The van der Waals surface area contributed by atoms with Gasteiger partial charge in [0.05, 0.1) is 22.3 Å². The molecule has 28 heavy (non-hydrogen) atoms. The fourth-order valence-corrected chi connectivity index (χ4v) is 3.74. The normalized spacial score (nSPS) is 18.7. The first-order valence-electron chi connectivity index (χ1n) is 9.24. The van der Waals surface area contributed by atoms with Gasteiger partial charge < -0.3 is 15.2 Å². The molecule has 1 fully saturated rings. The predicted molar refractivity (Wildman–Crippen MR) is 112 cm³/mol. The van der Waals surface area contributed by atoms with E-state index in [1.807, 2.05) is 48.2 Å². The van der Waals surface area contributed by atoms with Crippen LogP contribution in [0.1, 0.15) is 36.3 Å². The summed E-state index contributed by atoms with van der Waals surface area (Å²) in [5, 5.41) is 4.72. The van der Waals surface area contributed by atoms with Gasteiger partial charge in [-0.15, -0.1) is 12.4 Å². The van der Waals surface area contributed by atoms with E-state index in [-0.39, 0.29) is 29.8 Å². The third-order valence-corrected chi connectivity index (χ3v) is 5.52. The number of likely N-dealkylation sites (tertiary alicyclic amines) is 1. The van der Waals surface area contributed by atoms with Gasteiger partial charge in [0, 0.05) is 24.7 Å². The van der Waals surface area contributed by atoms with Crippen LogP contribution >= 0.6 is 12.4 Å². The van der Waals surface area contributed by atoms with Crippen molar-refractivity contribution in [1.82, 2.24) is 15.0 Å². The molecule has 0 spiro atoms. The third kappa shape index (κ3) is 3.50. The molecule has 1 aliphatic rings. The summed E-state index contributed by atoms with van der Waals surface area (Å²) in [6, 6.07) is 11.7. The summed E-state index contributed by atoms with van der Waals surface area (Å²) < 4.78 is 5.40. The quantitative estimate of drug-likeness (QED) is 0.706. The van der Waals surface area contributed by atoms with Crippen LogP contribution in [0.4, 0.5) is 0 Å². The van der Waals surface area contributed by atoms with Crippen LogP contribution in [0.5, 0.6) is 0 Å².